The summed E-state index contributed by atoms with van der Waals surface area (Å²) in [4.78, 5) is 19.4. The summed E-state index contributed by atoms with van der Waals surface area (Å²) < 4.78 is 13.5. The minimum Gasteiger partial charge on any atom is -0.486 e. The van der Waals surface area contributed by atoms with E-state index in [0.29, 0.717) is 36.8 Å². The Hall–Kier alpha value is -3.02. The maximum Gasteiger partial charge on any atom is 0.257 e. The van der Waals surface area contributed by atoms with Gasteiger partial charge in [0.2, 0.25) is 0 Å². The highest BCUT2D eigenvalue weighted by molar-refractivity contribution is 5.98. The predicted molar refractivity (Wildman–Crippen MR) is 96.7 cm³/mol. The van der Waals surface area contributed by atoms with Crippen LogP contribution in [-0.4, -0.2) is 46.7 Å². The van der Waals surface area contributed by atoms with Crippen LogP contribution in [0.3, 0.4) is 0 Å². The summed E-state index contributed by atoms with van der Waals surface area (Å²) in [6.07, 6.45) is 2.79. The minimum absolute atomic E-state index is 0.000675. The van der Waals surface area contributed by atoms with E-state index in [0.717, 1.165) is 24.0 Å². The van der Waals surface area contributed by atoms with Crippen LogP contribution in [0.15, 0.2) is 48.8 Å². The van der Waals surface area contributed by atoms with E-state index in [4.69, 9.17) is 9.47 Å². The van der Waals surface area contributed by atoms with Gasteiger partial charge in [0.15, 0.2) is 11.5 Å². The number of benzene rings is 2. The molecule has 1 atom stereocenters. The lowest BCUT2D eigenvalue weighted by molar-refractivity contribution is 0.0777. The molecule has 0 bridgehead atoms. The predicted octanol–water partition coefficient (Wildman–Crippen LogP) is 2.89. The Morgan fingerprint density at radius 3 is 2.92 bits per heavy atom. The van der Waals surface area contributed by atoms with Crippen molar-refractivity contribution < 1.29 is 14.3 Å². The van der Waals surface area contributed by atoms with Gasteiger partial charge in [-0.25, -0.2) is 4.98 Å². The Labute approximate surface area is 151 Å². The van der Waals surface area contributed by atoms with Crippen molar-refractivity contribution >= 4 is 16.9 Å². The van der Waals surface area contributed by atoms with Crippen LogP contribution in [0.1, 0.15) is 22.8 Å². The molecule has 6 nitrogen and oxygen atoms in total. The van der Waals surface area contributed by atoms with Crippen LogP contribution in [-0.2, 0) is 0 Å². The topological polar surface area (TPSA) is 56.6 Å². The minimum atomic E-state index is -0.000675. The molecular weight excluding hydrogens is 330 g/mol. The molecule has 0 radical (unpaired) electrons. The first kappa shape index (κ1) is 15.3. The number of nitrogens with zero attached hydrogens (tertiary/aromatic N) is 3. The summed E-state index contributed by atoms with van der Waals surface area (Å²) >= 11 is 0. The van der Waals surface area contributed by atoms with Crippen molar-refractivity contribution in [1.29, 1.82) is 0 Å². The van der Waals surface area contributed by atoms with Crippen molar-refractivity contribution in [3.8, 4) is 11.5 Å². The van der Waals surface area contributed by atoms with Crippen LogP contribution in [0.2, 0.25) is 0 Å². The molecule has 3 aromatic rings. The quantitative estimate of drug-likeness (QED) is 0.714. The highest BCUT2D eigenvalue weighted by Gasteiger charge is 2.31. The van der Waals surface area contributed by atoms with Crippen LogP contribution in [0.5, 0.6) is 11.5 Å². The molecule has 1 amide bonds. The average molecular weight is 349 g/mol. The molecule has 132 valence electrons. The zero-order valence-corrected chi connectivity index (χ0v) is 14.3. The van der Waals surface area contributed by atoms with Gasteiger partial charge in [0.1, 0.15) is 13.2 Å². The Morgan fingerprint density at radius 2 is 1.96 bits per heavy atom. The van der Waals surface area contributed by atoms with Gasteiger partial charge in [-0.3, -0.25) is 4.79 Å². The summed E-state index contributed by atoms with van der Waals surface area (Å²) in [5, 5.41) is 0. The number of likely N-dealkylation sites (tertiary alicyclic amines) is 1. The summed E-state index contributed by atoms with van der Waals surface area (Å²) in [5.74, 6) is 1.22. The van der Waals surface area contributed by atoms with E-state index in [-0.39, 0.29) is 11.9 Å². The Bertz CT molecular complexity index is 981. The van der Waals surface area contributed by atoms with Crippen LogP contribution >= 0.6 is 0 Å². The second-order valence-corrected chi connectivity index (χ2v) is 6.66. The third-order valence-corrected chi connectivity index (χ3v) is 5.12. The second kappa shape index (κ2) is 6.05. The van der Waals surface area contributed by atoms with Crippen LogP contribution < -0.4 is 9.47 Å². The molecule has 1 aromatic heterocycles. The number of aromatic nitrogens is 2. The van der Waals surface area contributed by atoms with Gasteiger partial charge in [-0.05, 0) is 30.7 Å². The maximum atomic E-state index is 13.1. The van der Waals surface area contributed by atoms with Crippen LogP contribution in [0.4, 0.5) is 0 Å². The number of carbonyl (C=O) groups is 1. The summed E-state index contributed by atoms with van der Waals surface area (Å²) in [5.41, 5.74) is 2.68. The summed E-state index contributed by atoms with van der Waals surface area (Å²) in [7, 11) is 0. The fourth-order valence-electron chi connectivity index (χ4n) is 3.84. The maximum absolute atomic E-state index is 13.1. The standard InChI is InChI=1S/C20H19N3O3/c24-20(15-4-3-7-18-19(15)26-11-10-25-18)22-9-8-14(12-22)23-13-21-16-5-1-2-6-17(16)23/h1-7,13-14H,8-12H2/t14-/m1/s1. The van der Waals surface area contributed by atoms with Gasteiger partial charge >= 0.3 is 0 Å². The van der Waals surface area contributed by atoms with Gasteiger partial charge < -0.3 is 18.9 Å². The van der Waals surface area contributed by atoms with E-state index < -0.39 is 0 Å². The van der Waals surface area contributed by atoms with Gasteiger partial charge in [0, 0.05) is 13.1 Å². The number of rotatable bonds is 2. The normalized spacial score (nSPS) is 19.1. The lowest BCUT2D eigenvalue weighted by Gasteiger charge is -2.23. The zero-order valence-electron chi connectivity index (χ0n) is 14.3. The summed E-state index contributed by atoms with van der Waals surface area (Å²) in [6, 6.07) is 13.8. The SMILES string of the molecule is O=C(c1cccc2c1OCCO2)N1CC[C@@H](n2cnc3ccccc32)C1. The largest absolute Gasteiger partial charge is 0.486 e. The Balaban J connectivity index is 1.40. The number of ether oxygens (including phenoxy) is 2. The van der Waals surface area contributed by atoms with Crippen molar-refractivity contribution in [3.05, 3.63) is 54.4 Å². The van der Waals surface area contributed by atoms with Crippen molar-refractivity contribution in [2.45, 2.75) is 12.5 Å². The Morgan fingerprint density at radius 1 is 1.08 bits per heavy atom. The van der Waals surface area contributed by atoms with E-state index in [1.807, 2.05) is 47.6 Å². The fraction of sp³-hybridized carbons (Fsp3) is 0.300. The molecule has 0 aliphatic carbocycles. The molecule has 0 spiro atoms. The number of hydrogen-bond donors (Lipinski definition) is 0. The van der Waals surface area contributed by atoms with Gasteiger partial charge in [0.05, 0.1) is 29.0 Å². The average Bonchev–Trinajstić information content (AvgIpc) is 3.34. The van der Waals surface area contributed by atoms with Gasteiger partial charge in [0.25, 0.3) is 5.91 Å². The first-order valence-electron chi connectivity index (χ1n) is 8.91. The number of hydrogen-bond acceptors (Lipinski definition) is 4. The van der Waals surface area contributed by atoms with Gasteiger partial charge in [-0.2, -0.15) is 0 Å². The van der Waals surface area contributed by atoms with Crippen molar-refractivity contribution in [2.24, 2.45) is 0 Å². The first-order chi connectivity index (χ1) is 12.8. The molecule has 2 aliphatic heterocycles. The number of imidazole rings is 1. The Kier molecular flexibility index (Phi) is 3.55. The van der Waals surface area contributed by atoms with E-state index >= 15 is 0 Å². The number of carbonyl (C=O) groups excluding carboxylic acids is 1. The molecule has 1 fully saturated rings. The summed E-state index contributed by atoms with van der Waals surface area (Å²) in [6.45, 7) is 2.38. The fourth-order valence-corrected chi connectivity index (χ4v) is 3.84. The number of amides is 1. The lowest BCUT2D eigenvalue weighted by atomic mass is 10.1. The van der Waals surface area contributed by atoms with Gasteiger partial charge in [-0.15, -0.1) is 0 Å². The molecule has 2 aliphatic rings. The monoisotopic (exact) mass is 349 g/mol. The van der Waals surface area contributed by atoms with Crippen LogP contribution in [0, 0.1) is 0 Å². The smallest absolute Gasteiger partial charge is 0.257 e. The molecule has 1 saturated heterocycles. The van der Waals surface area contributed by atoms with E-state index in [1.54, 1.807) is 0 Å². The van der Waals surface area contributed by atoms with Crippen molar-refractivity contribution in [1.82, 2.24) is 14.5 Å². The third kappa shape index (κ3) is 2.41. The molecule has 3 heterocycles. The third-order valence-electron chi connectivity index (χ3n) is 5.12. The number of para-hydroxylation sites is 3. The van der Waals surface area contributed by atoms with E-state index in [2.05, 4.69) is 15.6 Å². The molecular formula is C20H19N3O3. The molecule has 26 heavy (non-hydrogen) atoms. The molecule has 2 aromatic carbocycles. The zero-order chi connectivity index (χ0) is 17.5. The van der Waals surface area contributed by atoms with E-state index in [9.17, 15) is 4.79 Å². The molecule has 5 rings (SSSR count). The highest BCUT2D eigenvalue weighted by Crippen LogP contribution is 2.35. The van der Waals surface area contributed by atoms with Crippen molar-refractivity contribution in [3.63, 3.8) is 0 Å². The highest BCUT2D eigenvalue weighted by atomic mass is 16.6. The van der Waals surface area contributed by atoms with Crippen LogP contribution in [0.25, 0.3) is 11.0 Å². The molecule has 0 saturated carbocycles. The van der Waals surface area contributed by atoms with E-state index in [1.165, 1.54) is 0 Å². The molecule has 0 unspecified atom stereocenters. The van der Waals surface area contributed by atoms with Crippen molar-refractivity contribution in [2.75, 3.05) is 26.3 Å². The van der Waals surface area contributed by atoms with Gasteiger partial charge in [-0.1, -0.05) is 18.2 Å². The second-order valence-electron chi connectivity index (χ2n) is 6.66. The number of fused-ring (bicyclic) bond motifs is 2. The molecule has 6 heteroatoms. The molecule has 0 N–H and O–H groups in total. The first-order valence-corrected chi connectivity index (χ1v) is 8.91. The lowest BCUT2D eigenvalue weighted by Crippen LogP contribution is -2.30.